The van der Waals surface area contributed by atoms with Crippen molar-refractivity contribution in [2.75, 3.05) is 38.5 Å². The average molecular weight is 248 g/mol. The Balaban J connectivity index is 2.44. The molecule has 0 unspecified atom stereocenters. The zero-order valence-corrected chi connectivity index (χ0v) is 11.3. The van der Waals surface area contributed by atoms with Gasteiger partial charge in [0.1, 0.15) is 0 Å². The smallest absolute Gasteiger partial charge is 0.215 e. The minimum atomic E-state index is -3.01. The second-order valence-electron chi connectivity index (χ2n) is 4.30. The molecule has 0 aliphatic carbocycles. The molecule has 0 aromatic carbocycles. The molecular weight excluding hydrogens is 224 g/mol. The van der Waals surface area contributed by atoms with E-state index in [-0.39, 0.29) is 5.75 Å². The van der Waals surface area contributed by atoms with Gasteiger partial charge in [0.05, 0.1) is 5.75 Å². The van der Waals surface area contributed by atoms with Crippen LogP contribution >= 0.6 is 0 Å². The van der Waals surface area contributed by atoms with E-state index in [0.29, 0.717) is 6.54 Å². The summed E-state index contributed by atoms with van der Waals surface area (Å²) in [6.07, 6.45) is 3.21. The Bertz CT molecular complexity index is 280. The van der Waals surface area contributed by atoms with Crippen LogP contribution in [-0.2, 0) is 10.0 Å². The molecule has 0 saturated carbocycles. The molecule has 0 radical (unpaired) electrons. The van der Waals surface area contributed by atoms with E-state index in [4.69, 9.17) is 0 Å². The van der Waals surface area contributed by atoms with E-state index >= 15 is 0 Å². The Morgan fingerprint density at radius 1 is 1.06 bits per heavy atom. The van der Waals surface area contributed by atoms with Crippen LogP contribution in [0.2, 0.25) is 0 Å². The lowest BCUT2D eigenvalue weighted by Crippen LogP contribution is -2.40. The van der Waals surface area contributed by atoms with E-state index in [2.05, 4.69) is 18.7 Å². The number of nitrogens with zero attached hydrogens (tertiary/aromatic N) is 2. The number of piperidine rings is 1. The summed E-state index contributed by atoms with van der Waals surface area (Å²) < 4.78 is 25.7. The second-order valence-corrected chi connectivity index (χ2v) is 6.39. The van der Waals surface area contributed by atoms with E-state index in [9.17, 15) is 8.42 Å². The van der Waals surface area contributed by atoms with Gasteiger partial charge < -0.3 is 4.90 Å². The van der Waals surface area contributed by atoms with E-state index in [1.54, 1.807) is 4.31 Å². The van der Waals surface area contributed by atoms with Crippen molar-refractivity contribution in [2.24, 2.45) is 0 Å². The summed E-state index contributed by atoms with van der Waals surface area (Å²) in [5.41, 5.74) is 0. The molecule has 96 valence electrons. The SMILES string of the molecule is CCN(CC)CCS(=O)(=O)N1CCCCC1. The number of hydrogen-bond donors (Lipinski definition) is 0. The fourth-order valence-electron chi connectivity index (χ4n) is 2.06. The van der Waals surface area contributed by atoms with Gasteiger partial charge in [0.2, 0.25) is 10.0 Å². The van der Waals surface area contributed by atoms with Crippen LogP contribution in [0.3, 0.4) is 0 Å². The van der Waals surface area contributed by atoms with Gasteiger partial charge in [0.15, 0.2) is 0 Å². The largest absolute Gasteiger partial charge is 0.303 e. The van der Waals surface area contributed by atoms with Gasteiger partial charge in [-0.3, -0.25) is 0 Å². The summed E-state index contributed by atoms with van der Waals surface area (Å²) in [6, 6.07) is 0. The van der Waals surface area contributed by atoms with Gasteiger partial charge in [0, 0.05) is 19.6 Å². The summed E-state index contributed by atoms with van der Waals surface area (Å²) in [4.78, 5) is 2.15. The van der Waals surface area contributed by atoms with Crippen LogP contribution in [0.25, 0.3) is 0 Å². The molecule has 1 saturated heterocycles. The summed E-state index contributed by atoms with van der Waals surface area (Å²) in [7, 11) is -3.01. The average Bonchev–Trinajstić information content (AvgIpc) is 2.31. The Labute approximate surface area is 99.7 Å². The Hall–Kier alpha value is -0.130. The van der Waals surface area contributed by atoms with Crippen molar-refractivity contribution in [1.82, 2.24) is 9.21 Å². The summed E-state index contributed by atoms with van der Waals surface area (Å²) >= 11 is 0. The minimum Gasteiger partial charge on any atom is -0.303 e. The van der Waals surface area contributed by atoms with Crippen LogP contribution in [0.15, 0.2) is 0 Å². The summed E-state index contributed by atoms with van der Waals surface area (Å²) in [5.74, 6) is 0.272. The highest BCUT2D eigenvalue weighted by Gasteiger charge is 2.23. The van der Waals surface area contributed by atoms with Gasteiger partial charge in [-0.25, -0.2) is 12.7 Å². The van der Waals surface area contributed by atoms with E-state index in [1.807, 2.05) is 0 Å². The predicted molar refractivity (Wildman–Crippen MR) is 67.0 cm³/mol. The van der Waals surface area contributed by atoms with Crippen LogP contribution in [0, 0.1) is 0 Å². The lowest BCUT2D eigenvalue weighted by molar-refractivity contribution is 0.311. The predicted octanol–water partition coefficient (Wildman–Crippen LogP) is 1.14. The highest BCUT2D eigenvalue weighted by molar-refractivity contribution is 7.89. The van der Waals surface area contributed by atoms with Crippen molar-refractivity contribution in [2.45, 2.75) is 33.1 Å². The molecule has 1 rings (SSSR count). The Morgan fingerprint density at radius 3 is 2.12 bits per heavy atom. The van der Waals surface area contributed by atoms with Crippen LogP contribution in [-0.4, -0.2) is 56.1 Å². The monoisotopic (exact) mass is 248 g/mol. The molecule has 0 aromatic rings. The van der Waals surface area contributed by atoms with Gasteiger partial charge in [-0.1, -0.05) is 20.3 Å². The first-order valence-corrected chi connectivity index (χ1v) is 7.91. The molecular formula is C11H24N2O2S. The van der Waals surface area contributed by atoms with Crippen molar-refractivity contribution >= 4 is 10.0 Å². The molecule has 0 amide bonds. The number of rotatable bonds is 6. The van der Waals surface area contributed by atoms with E-state index < -0.39 is 10.0 Å². The fraction of sp³-hybridized carbons (Fsp3) is 1.00. The quantitative estimate of drug-likeness (QED) is 0.708. The molecule has 16 heavy (non-hydrogen) atoms. The molecule has 0 N–H and O–H groups in total. The number of sulfonamides is 1. The van der Waals surface area contributed by atoms with Gasteiger partial charge in [0.25, 0.3) is 0 Å². The molecule has 0 spiro atoms. The van der Waals surface area contributed by atoms with Gasteiger partial charge >= 0.3 is 0 Å². The zero-order chi connectivity index (χ0) is 12.0. The molecule has 0 bridgehead atoms. The molecule has 0 aromatic heterocycles. The zero-order valence-electron chi connectivity index (χ0n) is 10.5. The fourth-order valence-corrected chi connectivity index (χ4v) is 3.62. The highest BCUT2D eigenvalue weighted by Crippen LogP contribution is 2.13. The maximum atomic E-state index is 12.0. The van der Waals surface area contributed by atoms with Crippen molar-refractivity contribution in [3.63, 3.8) is 0 Å². The third-order valence-electron chi connectivity index (χ3n) is 3.27. The third kappa shape index (κ3) is 4.03. The maximum Gasteiger partial charge on any atom is 0.215 e. The first-order valence-electron chi connectivity index (χ1n) is 6.30. The van der Waals surface area contributed by atoms with Crippen molar-refractivity contribution in [3.05, 3.63) is 0 Å². The topological polar surface area (TPSA) is 40.6 Å². The lowest BCUT2D eigenvalue weighted by Gasteiger charge is -2.27. The molecule has 1 aliphatic heterocycles. The summed E-state index contributed by atoms with van der Waals surface area (Å²) in [6.45, 7) is 8.08. The van der Waals surface area contributed by atoms with Gasteiger partial charge in [-0.05, 0) is 25.9 Å². The Kier molecular flexibility index (Phi) is 5.72. The standard InChI is InChI=1S/C11H24N2O2S/c1-3-12(4-2)10-11-16(14,15)13-8-6-5-7-9-13/h3-11H2,1-2H3. The molecule has 1 aliphatic rings. The summed E-state index contributed by atoms with van der Waals surface area (Å²) in [5, 5.41) is 0. The molecule has 1 heterocycles. The van der Waals surface area contributed by atoms with Crippen molar-refractivity contribution in [3.8, 4) is 0 Å². The van der Waals surface area contributed by atoms with Crippen LogP contribution < -0.4 is 0 Å². The lowest BCUT2D eigenvalue weighted by atomic mass is 10.2. The first kappa shape index (κ1) is 13.9. The van der Waals surface area contributed by atoms with E-state index in [0.717, 1.165) is 39.0 Å². The van der Waals surface area contributed by atoms with Crippen molar-refractivity contribution in [1.29, 1.82) is 0 Å². The van der Waals surface area contributed by atoms with Gasteiger partial charge in [-0.2, -0.15) is 0 Å². The number of hydrogen-bond acceptors (Lipinski definition) is 3. The first-order chi connectivity index (χ1) is 7.60. The molecule has 5 heteroatoms. The van der Waals surface area contributed by atoms with Crippen LogP contribution in [0.5, 0.6) is 0 Å². The van der Waals surface area contributed by atoms with Crippen LogP contribution in [0.4, 0.5) is 0 Å². The Morgan fingerprint density at radius 2 is 1.62 bits per heavy atom. The highest BCUT2D eigenvalue weighted by atomic mass is 32.2. The molecule has 1 fully saturated rings. The normalized spacial score (nSPS) is 19.2. The van der Waals surface area contributed by atoms with Crippen LogP contribution in [0.1, 0.15) is 33.1 Å². The van der Waals surface area contributed by atoms with Gasteiger partial charge in [-0.15, -0.1) is 0 Å². The van der Waals surface area contributed by atoms with E-state index in [1.165, 1.54) is 6.42 Å². The second kappa shape index (κ2) is 6.57. The third-order valence-corrected chi connectivity index (χ3v) is 5.12. The van der Waals surface area contributed by atoms with Crippen molar-refractivity contribution < 1.29 is 8.42 Å². The minimum absolute atomic E-state index is 0.272. The molecule has 0 atom stereocenters. The molecule has 4 nitrogen and oxygen atoms in total. The maximum absolute atomic E-state index is 12.0.